The first kappa shape index (κ1) is 22.6. The molecule has 1 fully saturated rings. The lowest BCUT2D eigenvalue weighted by Gasteiger charge is -2.26. The maximum absolute atomic E-state index is 6.10. The van der Waals surface area contributed by atoms with Gasteiger partial charge in [0.05, 0.1) is 19.4 Å². The lowest BCUT2D eigenvalue weighted by Crippen LogP contribution is -2.43. The van der Waals surface area contributed by atoms with Crippen LogP contribution in [0.3, 0.4) is 0 Å². The first-order chi connectivity index (χ1) is 14.5. The number of aryl methyl sites for hydroxylation is 2. The Morgan fingerprint density at radius 2 is 1.90 bits per heavy atom. The van der Waals surface area contributed by atoms with E-state index in [4.69, 9.17) is 9.47 Å². The Hall–Kier alpha value is -2.12. The van der Waals surface area contributed by atoms with Gasteiger partial charge in [-0.3, -0.25) is 4.68 Å². The van der Waals surface area contributed by atoms with Crippen LogP contribution in [0.2, 0.25) is 0 Å². The van der Waals surface area contributed by atoms with Crippen molar-refractivity contribution in [3.63, 3.8) is 0 Å². The SMILES string of the molecule is COc1ccc(OCCCc2cn(CCCN3CCNCC3)nn2)c(C(C)(C)C)c1. The maximum atomic E-state index is 6.10. The van der Waals surface area contributed by atoms with E-state index in [2.05, 4.69) is 53.6 Å². The average molecular weight is 416 g/mol. The first-order valence-corrected chi connectivity index (χ1v) is 11.1. The summed E-state index contributed by atoms with van der Waals surface area (Å²) in [4.78, 5) is 2.51. The molecule has 0 saturated carbocycles. The van der Waals surface area contributed by atoms with E-state index in [1.54, 1.807) is 7.11 Å². The van der Waals surface area contributed by atoms with Crippen LogP contribution >= 0.6 is 0 Å². The van der Waals surface area contributed by atoms with E-state index in [0.29, 0.717) is 6.61 Å². The zero-order valence-electron chi connectivity index (χ0n) is 19.0. The molecule has 1 saturated heterocycles. The molecule has 2 heterocycles. The highest BCUT2D eigenvalue weighted by atomic mass is 16.5. The van der Waals surface area contributed by atoms with Gasteiger partial charge < -0.3 is 19.7 Å². The van der Waals surface area contributed by atoms with E-state index in [1.165, 1.54) is 0 Å². The predicted octanol–water partition coefficient (Wildman–Crippen LogP) is 2.89. The van der Waals surface area contributed by atoms with Crippen molar-refractivity contribution in [1.82, 2.24) is 25.2 Å². The number of hydrogen-bond acceptors (Lipinski definition) is 6. The van der Waals surface area contributed by atoms with Crippen molar-refractivity contribution in [2.75, 3.05) is 46.4 Å². The van der Waals surface area contributed by atoms with Gasteiger partial charge in [-0.15, -0.1) is 5.10 Å². The summed E-state index contributed by atoms with van der Waals surface area (Å²) in [6.45, 7) is 13.8. The highest BCUT2D eigenvalue weighted by Crippen LogP contribution is 2.34. The number of nitrogens with zero attached hydrogens (tertiary/aromatic N) is 4. The number of piperazine rings is 1. The van der Waals surface area contributed by atoms with E-state index in [-0.39, 0.29) is 5.41 Å². The van der Waals surface area contributed by atoms with Crippen molar-refractivity contribution in [3.05, 3.63) is 35.7 Å². The predicted molar refractivity (Wildman–Crippen MR) is 119 cm³/mol. The fourth-order valence-corrected chi connectivity index (χ4v) is 3.74. The third-order valence-corrected chi connectivity index (χ3v) is 5.49. The molecule has 1 aliphatic rings. The molecule has 0 spiro atoms. The molecule has 0 unspecified atom stereocenters. The fourth-order valence-electron chi connectivity index (χ4n) is 3.74. The summed E-state index contributed by atoms with van der Waals surface area (Å²) in [7, 11) is 1.70. The molecule has 0 bridgehead atoms. The number of nitrogens with one attached hydrogen (secondary N) is 1. The Kier molecular flexibility index (Phi) is 8.10. The fraction of sp³-hybridized carbons (Fsp3) is 0.652. The van der Waals surface area contributed by atoms with Crippen LogP contribution in [0, 0.1) is 0 Å². The topological polar surface area (TPSA) is 64.4 Å². The number of hydrogen-bond donors (Lipinski definition) is 1. The molecular weight excluding hydrogens is 378 g/mol. The lowest BCUT2D eigenvalue weighted by atomic mass is 9.86. The zero-order valence-corrected chi connectivity index (χ0v) is 19.0. The minimum atomic E-state index is -0.00270. The van der Waals surface area contributed by atoms with Crippen molar-refractivity contribution in [2.24, 2.45) is 0 Å². The largest absolute Gasteiger partial charge is 0.497 e. The quantitative estimate of drug-likeness (QED) is 0.602. The summed E-state index contributed by atoms with van der Waals surface area (Å²) in [6, 6.07) is 6.03. The van der Waals surface area contributed by atoms with Gasteiger partial charge in [0, 0.05) is 51.0 Å². The van der Waals surface area contributed by atoms with Crippen molar-refractivity contribution >= 4 is 0 Å². The second kappa shape index (κ2) is 10.8. The monoisotopic (exact) mass is 415 g/mol. The number of benzene rings is 1. The Balaban J connectivity index is 1.41. The number of ether oxygens (including phenoxy) is 2. The Morgan fingerprint density at radius 1 is 1.10 bits per heavy atom. The minimum absolute atomic E-state index is 0.00270. The van der Waals surface area contributed by atoms with Gasteiger partial charge in [-0.25, -0.2) is 0 Å². The van der Waals surface area contributed by atoms with Gasteiger partial charge in [-0.05, 0) is 42.9 Å². The molecule has 1 aromatic carbocycles. The molecule has 0 radical (unpaired) electrons. The van der Waals surface area contributed by atoms with E-state index >= 15 is 0 Å². The van der Waals surface area contributed by atoms with Gasteiger partial charge in [-0.2, -0.15) is 0 Å². The Labute approximate surface area is 180 Å². The van der Waals surface area contributed by atoms with Crippen LogP contribution in [0.5, 0.6) is 11.5 Å². The van der Waals surface area contributed by atoms with E-state index in [0.717, 1.165) is 81.3 Å². The van der Waals surface area contributed by atoms with E-state index in [9.17, 15) is 0 Å². The normalized spacial score (nSPS) is 15.3. The van der Waals surface area contributed by atoms with Crippen LogP contribution in [0.4, 0.5) is 0 Å². The summed E-state index contributed by atoms with van der Waals surface area (Å²) in [5, 5.41) is 12.0. The second-order valence-corrected chi connectivity index (χ2v) is 8.98. The highest BCUT2D eigenvalue weighted by Gasteiger charge is 2.20. The summed E-state index contributed by atoms with van der Waals surface area (Å²) in [6.07, 6.45) is 4.97. The standard InChI is InChI=1S/C23H37N5O2/c1-23(2,3)21-17-20(29-4)8-9-22(21)30-16-5-7-19-18-28(26-25-19)13-6-12-27-14-10-24-11-15-27/h8-9,17-18,24H,5-7,10-16H2,1-4H3. The molecule has 1 aliphatic heterocycles. The summed E-state index contributed by atoms with van der Waals surface area (Å²) in [5.41, 5.74) is 2.20. The molecule has 0 amide bonds. The molecule has 7 nitrogen and oxygen atoms in total. The molecule has 3 rings (SSSR count). The molecule has 0 aliphatic carbocycles. The van der Waals surface area contributed by atoms with Gasteiger partial charge in [0.1, 0.15) is 11.5 Å². The van der Waals surface area contributed by atoms with Crippen LogP contribution in [0.1, 0.15) is 44.9 Å². The molecule has 166 valence electrons. The van der Waals surface area contributed by atoms with Crippen molar-refractivity contribution in [3.8, 4) is 11.5 Å². The van der Waals surface area contributed by atoms with Crippen LogP contribution in [-0.2, 0) is 18.4 Å². The van der Waals surface area contributed by atoms with Gasteiger partial charge in [0.25, 0.3) is 0 Å². The lowest BCUT2D eigenvalue weighted by molar-refractivity contribution is 0.233. The van der Waals surface area contributed by atoms with E-state index < -0.39 is 0 Å². The number of aromatic nitrogens is 3. The van der Waals surface area contributed by atoms with Crippen LogP contribution in [-0.4, -0.2) is 66.3 Å². The smallest absolute Gasteiger partial charge is 0.123 e. The van der Waals surface area contributed by atoms with Crippen molar-refractivity contribution < 1.29 is 9.47 Å². The molecule has 0 atom stereocenters. The molecule has 1 aromatic heterocycles. The minimum Gasteiger partial charge on any atom is -0.497 e. The molecule has 1 N–H and O–H groups in total. The molecular formula is C23H37N5O2. The maximum Gasteiger partial charge on any atom is 0.123 e. The van der Waals surface area contributed by atoms with Crippen molar-refractivity contribution in [1.29, 1.82) is 0 Å². The average Bonchev–Trinajstić information content (AvgIpc) is 3.19. The van der Waals surface area contributed by atoms with E-state index in [1.807, 2.05) is 16.8 Å². The third-order valence-electron chi connectivity index (χ3n) is 5.49. The molecule has 30 heavy (non-hydrogen) atoms. The molecule has 2 aromatic rings. The second-order valence-electron chi connectivity index (χ2n) is 8.98. The first-order valence-electron chi connectivity index (χ1n) is 11.1. The van der Waals surface area contributed by atoms with Gasteiger partial charge in [0.15, 0.2) is 0 Å². The van der Waals surface area contributed by atoms with Gasteiger partial charge in [0.2, 0.25) is 0 Å². The van der Waals surface area contributed by atoms with Crippen molar-refractivity contribution in [2.45, 2.75) is 52.0 Å². The van der Waals surface area contributed by atoms with Gasteiger partial charge in [-0.1, -0.05) is 26.0 Å². The zero-order chi connectivity index (χ0) is 21.4. The van der Waals surface area contributed by atoms with Gasteiger partial charge >= 0.3 is 0 Å². The van der Waals surface area contributed by atoms with Crippen LogP contribution < -0.4 is 14.8 Å². The Morgan fingerprint density at radius 3 is 2.63 bits per heavy atom. The molecule has 7 heteroatoms. The summed E-state index contributed by atoms with van der Waals surface area (Å²) < 4.78 is 13.4. The highest BCUT2D eigenvalue weighted by molar-refractivity contribution is 5.44. The summed E-state index contributed by atoms with van der Waals surface area (Å²) >= 11 is 0. The third kappa shape index (κ3) is 6.71. The summed E-state index contributed by atoms with van der Waals surface area (Å²) in [5.74, 6) is 1.79. The number of methoxy groups -OCH3 is 1. The Bertz CT molecular complexity index is 778. The van der Waals surface area contributed by atoms with Crippen LogP contribution in [0.15, 0.2) is 24.4 Å². The van der Waals surface area contributed by atoms with Crippen LogP contribution in [0.25, 0.3) is 0 Å². The number of rotatable bonds is 10.